The molecule has 2 aliphatic rings. The fourth-order valence-electron chi connectivity index (χ4n) is 8.57. The summed E-state index contributed by atoms with van der Waals surface area (Å²) in [5, 5.41) is 11.9. The highest BCUT2D eigenvalue weighted by Gasteiger charge is 2.44. The van der Waals surface area contributed by atoms with E-state index in [0.29, 0.717) is 23.0 Å². The molecule has 2 heterocycles. The van der Waals surface area contributed by atoms with Gasteiger partial charge in [-0.15, -0.1) is 0 Å². The summed E-state index contributed by atoms with van der Waals surface area (Å²) in [6.45, 7) is 0. The van der Waals surface area contributed by atoms with Crippen molar-refractivity contribution in [1.82, 2.24) is 15.0 Å². The van der Waals surface area contributed by atoms with Gasteiger partial charge < -0.3 is 4.42 Å². The second-order valence-corrected chi connectivity index (χ2v) is 13.8. The van der Waals surface area contributed by atoms with Crippen LogP contribution in [0.15, 0.2) is 138 Å². The van der Waals surface area contributed by atoms with Crippen LogP contribution in [0.5, 0.6) is 0 Å². The average molecular weight is 657 g/mol. The van der Waals surface area contributed by atoms with E-state index < -0.39 is 0 Å². The van der Waals surface area contributed by atoms with Crippen LogP contribution in [0.2, 0.25) is 0 Å². The maximum atomic E-state index is 9.84. The first-order valence-corrected chi connectivity index (χ1v) is 17.7. The Morgan fingerprint density at radius 2 is 1.18 bits per heavy atom. The van der Waals surface area contributed by atoms with Crippen molar-refractivity contribution in [3.63, 3.8) is 0 Å². The quantitative estimate of drug-likeness (QED) is 0.188. The van der Waals surface area contributed by atoms with Crippen LogP contribution in [0, 0.1) is 11.3 Å². The van der Waals surface area contributed by atoms with Gasteiger partial charge >= 0.3 is 0 Å². The number of rotatable bonds is 4. The van der Waals surface area contributed by atoms with Crippen LogP contribution in [0.25, 0.3) is 78.4 Å². The summed E-state index contributed by atoms with van der Waals surface area (Å²) in [6, 6.07) is 48.4. The van der Waals surface area contributed by atoms with Crippen molar-refractivity contribution in [2.75, 3.05) is 0 Å². The van der Waals surface area contributed by atoms with Gasteiger partial charge in [0, 0.05) is 32.9 Å². The van der Waals surface area contributed by atoms with E-state index in [1.54, 1.807) is 0 Å². The highest BCUT2D eigenvalue weighted by atomic mass is 16.3. The first-order valence-electron chi connectivity index (χ1n) is 17.7. The molecule has 0 radical (unpaired) electrons. The van der Waals surface area contributed by atoms with Crippen LogP contribution in [-0.2, 0) is 5.41 Å². The number of aromatic nitrogens is 3. The average Bonchev–Trinajstić information content (AvgIpc) is 3.71. The monoisotopic (exact) mass is 656 g/mol. The standard InChI is InChI=1S/C46H32N4O/c47-28-29-16-22-38-37(26-29)42-34(13-9-14-39(42)46(38)24-7-2-8-25-46)30-17-19-32(20-18-30)44-48-43(31-10-3-1-4-11-31)49-45(50-44)33-21-23-41-36(27-33)35-12-5-6-15-40(35)51-41/h1,3-6,9-23,26-27H,2,7-8,24-25H2. The molecule has 51 heavy (non-hydrogen) atoms. The topological polar surface area (TPSA) is 75.6 Å². The molecule has 6 aromatic carbocycles. The summed E-state index contributed by atoms with van der Waals surface area (Å²) in [7, 11) is 0. The Labute approximate surface area is 295 Å². The smallest absolute Gasteiger partial charge is 0.164 e. The minimum Gasteiger partial charge on any atom is -0.456 e. The molecule has 1 spiro atoms. The van der Waals surface area contributed by atoms with Crippen LogP contribution in [0.3, 0.4) is 0 Å². The summed E-state index contributed by atoms with van der Waals surface area (Å²) in [4.78, 5) is 15.0. The van der Waals surface area contributed by atoms with Crippen molar-refractivity contribution in [1.29, 1.82) is 5.26 Å². The van der Waals surface area contributed by atoms with Crippen molar-refractivity contribution in [3.8, 4) is 62.5 Å². The fourth-order valence-corrected chi connectivity index (χ4v) is 8.57. The van der Waals surface area contributed by atoms with Gasteiger partial charge in [-0.05, 0) is 82.6 Å². The molecule has 2 aliphatic carbocycles. The molecule has 10 rings (SSSR count). The summed E-state index contributed by atoms with van der Waals surface area (Å²) in [5.74, 6) is 1.85. The molecule has 0 N–H and O–H groups in total. The van der Waals surface area contributed by atoms with Crippen molar-refractivity contribution >= 4 is 21.9 Å². The third-order valence-corrected chi connectivity index (χ3v) is 11.0. The molecule has 2 aromatic heterocycles. The highest BCUT2D eigenvalue weighted by Crippen LogP contribution is 2.58. The normalized spacial score (nSPS) is 14.4. The predicted molar refractivity (Wildman–Crippen MR) is 203 cm³/mol. The Morgan fingerprint density at radius 1 is 0.510 bits per heavy atom. The molecule has 242 valence electrons. The van der Waals surface area contributed by atoms with Crippen molar-refractivity contribution in [2.45, 2.75) is 37.5 Å². The van der Waals surface area contributed by atoms with Gasteiger partial charge in [-0.1, -0.05) is 116 Å². The lowest BCUT2D eigenvalue weighted by Gasteiger charge is -2.36. The molecule has 0 unspecified atom stereocenters. The van der Waals surface area contributed by atoms with Gasteiger partial charge in [0.2, 0.25) is 0 Å². The molecule has 0 amide bonds. The lowest BCUT2D eigenvalue weighted by molar-refractivity contribution is 0.353. The molecule has 1 fully saturated rings. The minimum atomic E-state index is 0.0216. The molecule has 0 saturated heterocycles. The van der Waals surface area contributed by atoms with Crippen LogP contribution >= 0.6 is 0 Å². The predicted octanol–water partition coefficient (Wildman–Crippen LogP) is 11.5. The second kappa shape index (κ2) is 11.6. The number of fused-ring (bicyclic) bond motifs is 8. The lowest BCUT2D eigenvalue weighted by Crippen LogP contribution is -2.28. The third-order valence-electron chi connectivity index (χ3n) is 11.0. The summed E-state index contributed by atoms with van der Waals surface area (Å²) >= 11 is 0. The Hall–Kier alpha value is -6.38. The number of hydrogen-bond acceptors (Lipinski definition) is 5. The Morgan fingerprint density at radius 3 is 1.96 bits per heavy atom. The van der Waals surface area contributed by atoms with Gasteiger partial charge in [0.1, 0.15) is 11.2 Å². The zero-order valence-corrected chi connectivity index (χ0v) is 27.9. The van der Waals surface area contributed by atoms with E-state index in [9.17, 15) is 5.26 Å². The fraction of sp³-hybridized carbons (Fsp3) is 0.130. The summed E-state index contributed by atoms with van der Waals surface area (Å²) in [5.41, 5.74) is 12.8. The van der Waals surface area contributed by atoms with Gasteiger partial charge in [0.15, 0.2) is 17.5 Å². The van der Waals surface area contributed by atoms with Gasteiger partial charge in [0.25, 0.3) is 0 Å². The molecule has 5 nitrogen and oxygen atoms in total. The maximum Gasteiger partial charge on any atom is 0.164 e. The van der Waals surface area contributed by atoms with Crippen LogP contribution in [-0.4, -0.2) is 15.0 Å². The van der Waals surface area contributed by atoms with Crippen LogP contribution < -0.4 is 0 Å². The number of hydrogen-bond donors (Lipinski definition) is 0. The van der Waals surface area contributed by atoms with Gasteiger partial charge in [-0.25, -0.2) is 15.0 Å². The first kappa shape index (κ1) is 29.5. The number of benzene rings is 6. The van der Waals surface area contributed by atoms with Crippen molar-refractivity contribution < 1.29 is 4.42 Å². The Kier molecular flexibility index (Phi) is 6.72. The number of nitriles is 1. The number of para-hydroxylation sites is 1. The van der Waals surface area contributed by atoms with E-state index >= 15 is 0 Å². The van der Waals surface area contributed by atoms with E-state index in [1.807, 2.05) is 66.7 Å². The molecule has 0 aliphatic heterocycles. The third kappa shape index (κ3) is 4.71. The molecular formula is C46H32N4O. The zero-order valence-electron chi connectivity index (χ0n) is 27.9. The Bertz CT molecular complexity index is 2680. The molecule has 8 aromatic rings. The van der Waals surface area contributed by atoms with E-state index in [4.69, 9.17) is 19.4 Å². The first-order chi connectivity index (χ1) is 25.2. The molecule has 0 bridgehead atoms. The van der Waals surface area contributed by atoms with E-state index in [0.717, 1.165) is 57.0 Å². The molecular weight excluding hydrogens is 625 g/mol. The minimum absolute atomic E-state index is 0.0216. The van der Waals surface area contributed by atoms with Crippen LogP contribution in [0.4, 0.5) is 0 Å². The van der Waals surface area contributed by atoms with E-state index in [-0.39, 0.29) is 5.41 Å². The second-order valence-electron chi connectivity index (χ2n) is 13.8. The van der Waals surface area contributed by atoms with Gasteiger partial charge in [0.05, 0.1) is 11.6 Å². The zero-order chi connectivity index (χ0) is 33.9. The molecule has 0 atom stereocenters. The SMILES string of the molecule is N#Cc1ccc2c(c1)-c1c(-c3ccc(-c4nc(-c5ccccc5)nc(-c5ccc6oc7ccccc7c6c5)n4)cc3)cccc1C21CCCCC1. The number of nitrogens with zero attached hydrogens (tertiary/aromatic N) is 4. The highest BCUT2D eigenvalue weighted by molar-refractivity contribution is 6.06. The van der Waals surface area contributed by atoms with E-state index in [1.165, 1.54) is 47.1 Å². The summed E-state index contributed by atoms with van der Waals surface area (Å²) in [6.07, 6.45) is 6.03. The van der Waals surface area contributed by atoms with Gasteiger partial charge in [-0.3, -0.25) is 0 Å². The molecule has 5 heteroatoms. The maximum absolute atomic E-state index is 9.84. The largest absolute Gasteiger partial charge is 0.456 e. The Balaban J connectivity index is 1.09. The van der Waals surface area contributed by atoms with E-state index in [2.05, 4.69) is 72.8 Å². The van der Waals surface area contributed by atoms with Crippen molar-refractivity contribution in [3.05, 3.63) is 150 Å². The summed E-state index contributed by atoms with van der Waals surface area (Å²) < 4.78 is 6.10. The van der Waals surface area contributed by atoms with Crippen LogP contribution in [0.1, 0.15) is 48.8 Å². The van der Waals surface area contributed by atoms with Crippen molar-refractivity contribution in [2.24, 2.45) is 0 Å². The van der Waals surface area contributed by atoms with Gasteiger partial charge in [-0.2, -0.15) is 5.26 Å². The number of furan rings is 1. The molecule has 1 saturated carbocycles. The lowest BCUT2D eigenvalue weighted by atomic mass is 9.67.